The van der Waals surface area contributed by atoms with Crippen molar-refractivity contribution in [2.24, 2.45) is 0 Å². The van der Waals surface area contributed by atoms with Crippen molar-refractivity contribution in [3.05, 3.63) is 68.8 Å². The van der Waals surface area contributed by atoms with Gasteiger partial charge in [0.2, 0.25) is 0 Å². The van der Waals surface area contributed by atoms with Gasteiger partial charge in [0.05, 0.1) is 9.85 Å². The average Bonchev–Trinajstić information content (AvgIpc) is 2.74. The average molecular weight is 446 g/mol. The summed E-state index contributed by atoms with van der Waals surface area (Å²) in [7, 11) is 0. The molecule has 1 fully saturated rings. The molecule has 0 aliphatic heterocycles. The summed E-state index contributed by atoms with van der Waals surface area (Å²) in [5.41, 5.74) is -0.280. The predicted molar refractivity (Wildman–Crippen MR) is 106 cm³/mol. The molecule has 1 aliphatic carbocycles. The number of hydrogen-bond donors (Lipinski definition) is 0. The van der Waals surface area contributed by atoms with Gasteiger partial charge in [-0.3, -0.25) is 20.2 Å². The zero-order valence-corrected chi connectivity index (χ0v) is 16.6. The van der Waals surface area contributed by atoms with Crippen molar-refractivity contribution >= 4 is 23.7 Å². The van der Waals surface area contributed by atoms with Crippen LogP contribution in [-0.4, -0.2) is 34.4 Å². The monoisotopic (exact) mass is 446 g/mol. The maximum absolute atomic E-state index is 12.0. The van der Waals surface area contributed by atoms with Gasteiger partial charge in [-0.1, -0.05) is 0 Å². The van der Waals surface area contributed by atoms with Gasteiger partial charge in [-0.15, -0.1) is 0 Å². The summed E-state index contributed by atoms with van der Waals surface area (Å²) in [6, 6.07) is 9.90. The topological polar surface area (TPSA) is 157 Å². The van der Waals surface area contributed by atoms with E-state index in [1.807, 2.05) is 0 Å². The van der Waals surface area contributed by atoms with Crippen LogP contribution in [-0.2, 0) is 9.47 Å². The van der Waals surface area contributed by atoms with E-state index in [0.717, 1.165) is 0 Å². The third-order valence-corrected chi connectivity index (χ3v) is 4.60. The summed E-state index contributed by atoms with van der Waals surface area (Å²) in [6.07, 6.45) is -1.08. The Morgan fingerprint density at radius 1 is 0.719 bits per heavy atom. The van der Waals surface area contributed by atoms with Crippen molar-refractivity contribution < 1.29 is 38.4 Å². The number of hydrogen-bond acceptors (Lipinski definition) is 10. The van der Waals surface area contributed by atoms with Crippen LogP contribution in [0.5, 0.6) is 11.5 Å². The van der Waals surface area contributed by atoms with Crippen LogP contribution in [0.1, 0.15) is 25.7 Å². The Kier molecular flexibility index (Phi) is 7.16. The molecule has 2 aromatic rings. The third-order valence-electron chi connectivity index (χ3n) is 4.60. The minimum absolute atomic E-state index is 0.0934. The Bertz CT molecular complexity index is 911. The highest BCUT2D eigenvalue weighted by Gasteiger charge is 2.29. The van der Waals surface area contributed by atoms with Crippen molar-refractivity contribution in [3.63, 3.8) is 0 Å². The maximum Gasteiger partial charge on any atom is 0.514 e. The first-order valence-corrected chi connectivity index (χ1v) is 9.56. The summed E-state index contributed by atoms with van der Waals surface area (Å²) < 4.78 is 20.5. The van der Waals surface area contributed by atoms with E-state index in [-0.39, 0.29) is 29.3 Å². The molecule has 2 aromatic carbocycles. The summed E-state index contributed by atoms with van der Waals surface area (Å²) in [6.45, 7) is 0. The van der Waals surface area contributed by atoms with Crippen molar-refractivity contribution in [2.45, 2.75) is 37.9 Å². The number of ether oxygens (including phenoxy) is 4. The molecular weight excluding hydrogens is 428 g/mol. The minimum atomic E-state index is -0.974. The van der Waals surface area contributed by atoms with E-state index >= 15 is 0 Å². The molecule has 0 N–H and O–H groups in total. The molecule has 2 atom stereocenters. The summed E-state index contributed by atoms with van der Waals surface area (Å²) in [5.74, 6) is 0.187. The molecule has 0 spiro atoms. The first-order chi connectivity index (χ1) is 15.3. The van der Waals surface area contributed by atoms with Crippen LogP contribution < -0.4 is 9.47 Å². The van der Waals surface area contributed by atoms with E-state index < -0.39 is 34.4 Å². The minimum Gasteiger partial charge on any atom is -0.431 e. The number of carbonyl (C=O) groups excluding carboxylic acids is 2. The van der Waals surface area contributed by atoms with Gasteiger partial charge in [0.15, 0.2) is 0 Å². The van der Waals surface area contributed by atoms with Crippen LogP contribution in [0, 0.1) is 20.2 Å². The second kappa shape index (κ2) is 10.2. The number of nitrogens with zero attached hydrogens (tertiary/aromatic N) is 2. The van der Waals surface area contributed by atoms with Crippen LogP contribution in [0.3, 0.4) is 0 Å². The van der Waals surface area contributed by atoms with Crippen molar-refractivity contribution in [1.29, 1.82) is 0 Å². The lowest BCUT2D eigenvalue weighted by atomic mass is 9.95. The highest BCUT2D eigenvalue weighted by Crippen LogP contribution is 2.26. The third kappa shape index (κ3) is 6.39. The largest absolute Gasteiger partial charge is 0.514 e. The lowest BCUT2D eigenvalue weighted by Crippen LogP contribution is -2.32. The van der Waals surface area contributed by atoms with Crippen molar-refractivity contribution in [1.82, 2.24) is 0 Å². The van der Waals surface area contributed by atoms with E-state index in [0.29, 0.717) is 19.3 Å². The number of nitro groups is 2. The Labute approximate surface area is 180 Å². The fraction of sp³-hybridized carbons (Fsp3) is 0.300. The number of carbonyl (C=O) groups is 2. The summed E-state index contributed by atoms with van der Waals surface area (Å²) >= 11 is 0. The molecule has 168 valence electrons. The second-order valence-corrected chi connectivity index (χ2v) is 6.85. The zero-order valence-electron chi connectivity index (χ0n) is 16.6. The first kappa shape index (κ1) is 22.5. The lowest BCUT2D eigenvalue weighted by Gasteiger charge is -2.27. The van der Waals surface area contributed by atoms with E-state index in [1.165, 1.54) is 48.5 Å². The smallest absolute Gasteiger partial charge is 0.431 e. The van der Waals surface area contributed by atoms with E-state index in [2.05, 4.69) is 0 Å². The molecule has 0 radical (unpaired) electrons. The van der Waals surface area contributed by atoms with Crippen LogP contribution in [0.15, 0.2) is 48.5 Å². The van der Waals surface area contributed by atoms with E-state index in [4.69, 9.17) is 18.9 Å². The Morgan fingerprint density at radius 2 is 1.09 bits per heavy atom. The molecule has 12 nitrogen and oxygen atoms in total. The molecule has 0 aromatic heterocycles. The number of nitro benzene ring substituents is 2. The highest BCUT2D eigenvalue weighted by atomic mass is 16.7. The van der Waals surface area contributed by atoms with Gasteiger partial charge in [0, 0.05) is 30.7 Å². The normalized spacial score (nSPS) is 17.6. The van der Waals surface area contributed by atoms with Gasteiger partial charge in [0.25, 0.3) is 11.4 Å². The molecule has 2 unspecified atom stereocenters. The van der Waals surface area contributed by atoms with Crippen LogP contribution in [0.2, 0.25) is 0 Å². The van der Waals surface area contributed by atoms with Crippen LogP contribution in [0.4, 0.5) is 21.0 Å². The molecule has 3 rings (SSSR count). The highest BCUT2D eigenvalue weighted by molar-refractivity contribution is 5.65. The van der Waals surface area contributed by atoms with Gasteiger partial charge < -0.3 is 18.9 Å². The van der Waals surface area contributed by atoms with Gasteiger partial charge in [0.1, 0.15) is 23.7 Å². The quantitative estimate of drug-likeness (QED) is 0.267. The van der Waals surface area contributed by atoms with Gasteiger partial charge in [-0.25, -0.2) is 9.59 Å². The van der Waals surface area contributed by atoms with Crippen LogP contribution in [0.25, 0.3) is 0 Å². The Morgan fingerprint density at radius 3 is 1.44 bits per heavy atom. The second-order valence-electron chi connectivity index (χ2n) is 6.85. The lowest BCUT2D eigenvalue weighted by molar-refractivity contribution is -0.385. The fourth-order valence-corrected chi connectivity index (χ4v) is 3.10. The molecule has 0 bridgehead atoms. The molecular formula is C20H18N2O10. The predicted octanol–water partition coefficient (Wildman–Crippen LogP) is 4.55. The standard InChI is InChI=1S/C20H18N2O10/c23-19(29-15-8-4-13(5-9-15)21(25)26)31-17-2-1-3-18(12-17)32-20(24)30-16-10-6-14(7-11-16)22(27)28/h4-11,17-18H,1-3,12H2. The number of non-ortho nitro benzene ring substituents is 2. The Balaban J connectivity index is 1.45. The number of rotatable bonds is 6. The van der Waals surface area contributed by atoms with Crippen LogP contribution >= 0.6 is 0 Å². The molecule has 0 heterocycles. The first-order valence-electron chi connectivity index (χ1n) is 9.56. The zero-order chi connectivity index (χ0) is 23.1. The molecule has 0 amide bonds. The number of benzene rings is 2. The molecule has 1 saturated carbocycles. The molecule has 12 heteroatoms. The fourth-order valence-electron chi connectivity index (χ4n) is 3.10. The van der Waals surface area contributed by atoms with E-state index in [1.54, 1.807) is 0 Å². The summed E-state index contributed by atoms with van der Waals surface area (Å²) in [5, 5.41) is 21.3. The summed E-state index contributed by atoms with van der Waals surface area (Å²) in [4.78, 5) is 44.1. The van der Waals surface area contributed by atoms with Gasteiger partial charge in [-0.2, -0.15) is 0 Å². The Hall–Kier alpha value is -4.22. The molecule has 0 saturated heterocycles. The SMILES string of the molecule is O=C(Oc1ccc([N+](=O)[O-])cc1)OC1CCCC(OC(=O)Oc2ccc([N+](=O)[O-])cc2)C1. The van der Waals surface area contributed by atoms with Crippen molar-refractivity contribution in [2.75, 3.05) is 0 Å². The van der Waals surface area contributed by atoms with E-state index in [9.17, 15) is 29.8 Å². The molecule has 1 aliphatic rings. The van der Waals surface area contributed by atoms with Crippen molar-refractivity contribution in [3.8, 4) is 11.5 Å². The molecule has 32 heavy (non-hydrogen) atoms. The van der Waals surface area contributed by atoms with Gasteiger partial charge >= 0.3 is 12.3 Å². The van der Waals surface area contributed by atoms with Gasteiger partial charge in [-0.05, 0) is 43.5 Å². The maximum atomic E-state index is 12.0.